The minimum absolute atomic E-state index is 0.0826. The molecule has 0 aliphatic rings. The van der Waals surface area contributed by atoms with Crippen molar-refractivity contribution in [2.45, 2.75) is 26.1 Å². The highest BCUT2D eigenvalue weighted by Gasteiger charge is 2.20. The van der Waals surface area contributed by atoms with Crippen molar-refractivity contribution in [2.24, 2.45) is 0 Å². The number of carbonyl (C=O) groups excluding carboxylic acids is 1. The summed E-state index contributed by atoms with van der Waals surface area (Å²) in [6, 6.07) is 9.33. The Bertz CT molecular complexity index is 756. The number of ketones is 1. The number of aromatic nitrogens is 1. The molecule has 2 aromatic rings. The van der Waals surface area contributed by atoms with Crippen LogP contribution in [0.1, 0.15) is 34.2 Å². The van der Waals surface area contributed by atoms with Crippen LogP contribution in [0, 0.1) is 25.2 Å². The second-order valence-corrected chi connectivity index (χ2v) is 6.39. The van der Waals surface area contributed by atoms with Gasteiger partial charge >= 0.3 is 0 Å². The Morgan fingerprint density at radius 3 is 2.57 bits per heavy atom. The van der Waals surface area contributed by atoms with Crippen molar-refractivity contribution in [1.82, 2.24) is 4.57 Å². The zero-order valence-electron chi connectivity index (χ0n) is 11.9. The first-order valence-electron chi connectivity index (χ1n) is 6.44. The molecular formula is C16H14BrClN2O. The molecular weight excluding hydrogens is 352 g/mol. The summed E-state index contributed by atoms with van der Waals surface area (Å²) in [5.74, 6) is -0.0826. The van der Waals surface area contributed by atoms with Gasteiger partial charge in [0.05, 0.1) is 22.7 Å². The molecule has 21 heavy (non-hydrogen) atoms. The first-order valence-corrected chi connectivity index (χ1v) is 7.67. The number of aryl methyl sites for hydroxylation is 1. The van der Waals surface area contributed by atoms with Crippen molar-refractivity contribution in [1.29, 1.82) is 5.26 Å². The summed E-state index contributed by atoms with van der Waals surface area (Å²) in [4.78, 5) is 12.1. The molecule has 0 amide bonds. The van der Waals surface area contributed by atoms with E-state index >= 15 is 0 Å². The molecule has 5 heteroatoms. The summed E-state index contributed by atoms with van der Waals surface area (Å²) in [5, 5.41) is 8.38. The van der Waals surface area contributed by atoms with Gasteiger partial charge in [-0.3, -0.25) is 4.79 Å². The number of nitriles is 1. The van der Waals surface area contributed by atoms with Crippen molar-refractivity contribution in [2.75, 3.05) is 0 Å². The molecule has 1 atom stereocenters. The van der Waals surface area contributed by atoms with Crippen LogP contribution in [-0.4, -0.2) is 15.7 Å². The fourth-order valence-corrected chi connectivity index (χ4v) is 3.03. The number of halogens is 2. The van der Waals surface area contributed by atoms with Crippen molar-refractivity contribution < 1.29 is 4.79 Å². The van der Waals surface area contributed by atoms with Gasteiger partial charge in [-0.15, -0.1) is 11.6 Å². The summed E-state index contributed by atoms with van der Waals surface area (Å²) in [7, 11) is 0. The van der Waals surface area contributed by atoms with E-state index in [4.69, 9.17) is 16.9 Å². The lowest BCUT2D eigenvalue weighted by atomic mass is 10.1. The molecule has 108 valence electrons. The van der Waals surface area contributed by atoms with Crippen molar-refractivity contribution in [3.05, 3.63) is 51.3 Å². The molecule has 0 spiro atoms. The maximum atomic E-state index is 12.1. The van der Waals surface area contributed by atoms with Gasteiger partial charge in [-0.1, -0.05) is 0 Å². The van der Waals surface area contributed by atoms with Crippen molar-refractivity contribution in [3.8, 4) is 11.8 Å². The van der Waals surface area contributed by atoms with E-state index in [0.29, 0.717) is 11.1 Å². The van der Waals surface area contributed by atoms with Gasteiger partial charge in [0.2, 0.25) is 0 Å². The monoisotopic (exact) mass is 364 g/mol. The zero-order valence-corrected chi connectivity index (χ0v) is 14.3. The summed E-state index contributed by atoms with van der Waals surface area (Å²) in [6.45, 7) is 5.51. The Balaban J connectivity index is 2.61. The third kappa shape index (κ3) is 2.90. The molecule has 0 saturated heterocycles. The highest BCUT2D eigenvalue weighted by atomic mass is 79.9. The topological polar surface area (TPSA) is 45.8 Å². The second-order valence-electron chi connectivity index (χ2n) is 4.88. The minimum atomic E-state index is -0.552. The van der Waals surface area contributed by atoms with Gasteiger partial charge < -0.3 is 4.57 Å². The summed E-state index contributed by atoms with van der Waals surface area (Å²) >= 11 is 9.39. The van der Waals surface area contributed by atoms with E-state index in [-0.39, 0.29) is 5.78 Å². The van der Waals surface area contributed by atoms with Gasteiger partial charge in [-0.2, -0.15) is 5.26 Å². The maximum Gasteiger partial charge on any atom is 0.182 e. The van der Waals surface area contributed by atoms with E-state index in [1.165, 1.54) is 0 Å². The first kappa shape index (κ1) is 15.8. The van der Waals surface area contributed by atoms with Crippen LogP contribution >= 0.6 is 27.5 Å². The molecule has 0 saturated carbocycles. The minimum Gasteiger partial charge on any atom is -0.317 e. The largest absolute Gasteiger partial charge is 0.317 e. The summed E-state index contributed by atoms with van der Waals surface area (Å²) in [5.41, 5.74) is 3.89. The van der Waals surface area contributed by atoms with Crippen LogP contribution in [0.15, 0.2) is 28.7 Å². The van der Waals surface area contributed by atoms with Crippen LogP contribution in [0.4, 0.5) is 0 Å². The molecule has 1 heterocycles. The van der Waals surface area contributed by atoms with Crippen LogP contribution in [-0.2, 0) is 0 Å². The van der Waals surface area contributed by atoms with Crippen LogP contribution in [0.3, 0.4) is 0 Å². The number of carbonyl (C=O) groups is 1. The SMILES string of the molecule is Cc1cc(C(=O)C(C)Cl)c(C)n1-c1ccc(C#N)cc1Br. The van der Waals surface area contributed by atoms with E-state index in [1.807, 2.05) is 30.5 Å². The van der Waals surface area contributed by atoms with E-state index in [9.17, 15) is 4.79 Å². The fraction of sp³-hybridized carbons (Fsp3) is 0.250. The number of hydrogen-bond acceptors (Lipinski definition) is 2. The average molecular weight is 366 g/mol. The summed E-state index contributed by atoms with van der Waals surface area (Å²) < 4.78 is 2.79. The van der Waals surface area contributed by atoms with Crippen molar-refractivity contribution in [3.63, 3.8) is 0 Å². The third-order valence-corrected chi connectivity index (χ3v) is 4.21. The molecule has 0 N–H and O–H groups in total. The van der Waals surface area contributed by atoms with Gasteiger partial charge in [0.25, 0.3) is 0 Å². The van der Waals surface area contributed by atoms with E-state index in [0.717, 1.165) is 21.5 Å². The van der Waals surface area contributed by atoms with Gasteiger partial charge in [-0.05, 0) is 61.0 Å². The molecule has 3 nitrogen and oxygen atoms in total. The Morgan fingerprint density at radius 2 is 2.05 bits per heavy atom. The summed E-state index contributed by atoms with van der Waals surface area (Å²) in [6.07, 6.45) is 0. The molecule has 1 aromatic carbocycles. The molecule has 0 aliphatic carbocycles. The quantitative estimate of drug-likeness (QED) is 0.592. The Hall–Kier alpha value is -1.57. The van der Waals surface area contributed by atoms with Gasteiger partial charge in [0.1, 0.15) is 0 Å². The van der Waals surface area contributed by atoms with E-state index < -0.39 is 5.38 Å². The molecule has 2 rings (SSSR count). The lowest BCUT2D eigenvalue weighted by Crippen LogP contribution is -2.11. The predicted molar refractivity (Wildman–Crippen MR) is 87.3 cm³/mol. The normalized spacial score (nSPS) is 12.0. The highest BCUT2D eigenvalue weighted by Crippen LogP contribution is 2.28. The number of alkyl halides is 1. The maximum absolute atomic E-state index is 12.1. The van der Waals surface area contributed by atoms with Gasteiger partial charge in [-0.25, -0.2) is 0 Å². The number of Topliss-reactive ketones (excluding diaryl/α,β-unsaturated/α-hetero) is 1. The fourth-order valence-electron chi connectivity index (χ4n) is 2.36. The Kier molecular flexibility index (Phi) is 4.55. The van der Waals surface area contributed by atoms with E-state index in [1.54, 1.807) is 19.1 Å². The van der Waals surface area contributed by atoms with Crippen LogP contribution in [0.2, 0.25) is 0 Å². The van der Waals surface area contributed by atoms with Crippen LogP contribution in [0.5, 0.6) is 0 Å². The molecule has 0 radical (unpaired) electrons. The van der Waals surface area contributed by atoms with Gasteiger partial charge in [0.15, 0.2) is 5.78 Å². The predicted octanol–water partition coefficient (Wildman–Crippen LogP) is 4.54. The second kappa shape index (κ2) is 6.05. The molecule has 1 aromatic heterocycles. The zero-order chi connectivity index (χ0) is 15.7. The van der Waals surface area contributed by atoms with Gasteiger partial charge in [0, 0.05) is 21.4 Å². The average Bonchev–Trinajstić information content (AvgIpc) is 2.73. The standard InChI is InChI=1S/C16H14BrClN2O/c1-9-6-13(16(21)10(2)18)11(3)20(9)15-5-4-12(8-19)7-14(15)17/h4-7,10H,1-3H3. The Labute approximate surface area is 137 Å². The lowest BCUT2D eigenvalue weighted by Gasteiger charge is -2.12. The molecule has 0 aliphatic heterocycles. The number of nitrogens with zero attached hydrogens (tertiary/aromatic N) is 2. The number of hydrogen-bond donors (Lipinski definition) is 0. The van der Waals surface area contributed by atoms with E-state index in [2.05, 4.69) is 22.0 Å². The smallest absolute Gasteiger partial charge is 0.182 e. The number of rotatable bonds is 3. The Morgan fingerprint density at radius 1 is 1.38 bits per heavy atom. The number of benzene rings is 1. The van der Waals surface area contributed by atoms with Crippen molar-refractivity contribution >= 4 is 33.3 Å². The van der Waals surface area contributed by atoms with Crippen LogP contribution < -0.4 is 0 Å². The first-order chi connectivity index (χ1) is 9.86. The molecule has 1 unspecified atom stereocenters. The third-order valence-electron chi connectivity index (χ3n) is 3.38. The highest BCUT2D eigenvalue weighted by molar-refractivity contribution is 9.10. The molecule has 0 fully saturated rings. The van der Waals surface area contributed by atoms with Crippen LogP contribution in [0.25, 0.3) is 5.69 Å². The lowest BCUT2D eigenvalue weighted by molar-refractivity contribution is 0.0991. The molecule has 0 bridgehead atoms.